The summed E-state index contributed by atoms with van der Waals surface area (Å²) in [4.78, 5) is 24.0. The molecule has 26 heavy (non-hydrogen) atoms. The molecular formula is C19H17NO5S. The third-order valence-corrected chi connectivity index (χ3v) is 4.68. The van der Waals surface area contributed by atoms with Gasteiger partial charge in [-0.15, -0.1) is 21.2 Å². The van der Waals surface area contributed by atoms with Gasteiger partial charge in [-0.3, -0.25) is 9.59 Å². The fourth-order valence-electron chi connectivity index (χ4n) is 2.08. The number of nitrogens with zero attached hydrogens (tertiary/aromatic N) is 1. The number of amides is 2. The molecule has 0 saturated carbocycles. The Hall–Kier alpha value is -2.95. The number of imide groups is 1. The molecular weight excluding hydrogens is 354 g/mol. The minimum atomic E-state index is -4.26. The number of carbonyl (C=O) groups excluding carboxylic acids is 2. The summed E-state index contributed by atoms with van der Waals surface area (Å²) in [6.07, 6.45) is 0. The van der Waals surface area contributed by atoms with Crippen LogP contribution in [0.2, 0.25) is 0 Å². The molecule has 0 saturated heterocycles. The Labute approximate surface area is 152 Å². The van der Waals surface area contributed by atoms with Gasteiger partial charge < -0.3 is 0 Å². The van der Waals surface area contributed by atoms with Gasteiger partial charge in [-0.25, -0.2) is 0 Å². The Balaban J connectivity index is 0.000000552. The first-order valence-electron chi connectivity index (χ1n) is 7.64. The molecule has 2 aromatic rings. The average Bonchev–Trinajstić information content (AvgIpc) is 2.87. The van der Waals surface area contributed by atoms with Crippen molar-refractivity contribution in [2.75, 3.05) is 0 Å². The summed E-state index contributed by atoms with van der Waals surface area (Å²) >= 11 is 0. The highest BCUT2D eigenvalue weighted by Crippen LogP contribution is 2.25. The van der Waals surface area contributed by atoms with Crippen LogP contribution in [-0.2, 0) is 14.4 Å². The lowest BCUT2D eigenvalue weighted by atomic mass is 10.1. The molecule has 3 rings (SSSR count). The van der Waals surface area contributed by atoms with Gasteiger partial charge >= 0.3 is 10.1 Å². The molecule has 2 aromatic carbocycles. The highest BCUT2D eigenvalue weighted by atomic mass is 32.2. The molecule has 6 nitrogen and oxygen atoms in total. The van der Waals surface area contributed by atoms with Crippen LogP contribution in [0.4, 0.5) is 0 Å². The van der Waals surface area contributed by atoms with E-state index in [4.69, 9.17) is 4.28 Å². The van der Waals surface area contributed by atoms with Gasteiger partial charge in [-0.1, -0.05) is 29.8 Å². The van der Waals surface area contributed by atoms with E-state index >= 15 is 0 Å². The van der Waals surface area contributed by atoms with E-state index in [1.54, 1.807) is 31.2 Å². The lowest BCUT2D eigenvalue weighted by Gasteiger charge is -2.13. The molecule has 2 amide bonds. The quantitative estimate of drug-likeness (QED) is 0.612. The Morgan fingerprint density at radius 2 is 1.31 bits per heavy atom. The van der Waals surface area contributed by atoms with Crippen LogP contribution in [0.5, 0.6) is 0 Å². The average molecular weight is 371 g/mol. The van der Waals surface area contributed by atoms with Gasteiger partial charge in [0.1, 0.15) is 0 Å². The number of aryl methyl sites for hydroxylation is 1. The predicted octanol–water partition coefficient (Wildman–Crippen LogP) is 2.94. The normalized spacial score (nSPS) is 12.7. The zero-order chi connectivity index (χ0) is 19.3. The number of rotatable bonds is 3. The highest BCUT2D eigenvalue weighted by Gasteiger charge is 2.39. The summed E-state index contributed by atoms with van der Waals surface area (Å²) in [6.45, 7) is 5.45. The summed E-state index contributed by atoms with van der Waals surface area (Å²) in [5.41, 5.74) is 1.11. The van der Waals surface area contributed by atoms with E-state index < -0.39 is 21.9 Å². The van der Waals surface area contributed by atoms with Gasteiger partial charge in [0.25, 0.3) is 11.8 Å². The van der Waals surface area contributed by atoms with Crippen LogP contribution >= 0.6 is 0 Å². The van der Waals surface area contributed by atoms with E-state index in [2.05, 4.69) is 11.8 Å². The molecule has 1 aliphatic rings. The molecule has 0 bridgehead atoms. The van der Waals surface area contributed by atoms with Crippen molar-refractivity contribution in [2.24, 2.45) is 0 Å². The summed E-state index contributed by atoms with van der Waals surface area (Å²) in [5, 5.41) is 0.278. The third-order valence-electron chi connectivity index (χ3n) is 3.49. The fraction of sp³-hybridized carbons (Fsp3) is 0.158. The van der Waals surface area contributed by atoms with Crippen LogP contribution in [0.3, 0.4) is 0 Å². The van der Waals surface area contributed by atoms with Gasteiger partial charge in [-0.05, 0) is 45.0 Å². The summed E-state index contributed by atoms with van der Waals surface area (Å²) in [5.74, 6) is 3.77. The maximum absolute atomic E-state index is 12.2. The minimum Gasteiger partial charge on any atom is -0.266 e. The second-order valence-electron chi connectivity index (χ2n) is 5.29. The maximum Gasteiger partial charge on any atom is 0.318 e. The van der Waals surface area contributed by atoms with Crippen molar-refractivity contribution in [1.82, 2.24) is 5.06 Å². The second kappa shape index (κ2) is 7.95. The molecule has 1 aliphatic heterocycles. The van der Waals surface area contributed by atoms with Crippen LogP contribution in [0, 0.1) is 18.8 Å². The molecule has 0 atom stereocenters. The molecule has 0 spiro atoms. The van der Waals surface area contributed by atoms with Crippen LogP contribution in [0.15, 0.2) is 53.4 Å². The number of hydrogen-bond donors (Lipinski definition) is 0. The third kappa shape index (κ3) is 3.99. The molecule has 134 valence electrons. The van der Waals surface area contributed by atoms with Gasteiger partial charge in [0, 0.05) is 0 Å². The zero-order valence-corrected chi connectivity index (χ0v) is 15.3. The van der Waals surface area contributed by atoms with E-state index in [1.807, 2.05) is 13.8 Å². The standard InChI is InChI=1S/C15H11NO5S.C4H6/c1-10-6-8-11(9-7-10)22(19,20)21-16-14(17)12-4-2-3-5-13(12)15(16)18;1-3-4-2/h2-9H,1H3;1-2H3. The van der Waals surface area contributed by atoms with E-state index in [-0.39, 0.29) is 21.1 Å². The van der Waals surface area contributed by atoms with E-state index in [1.165, 1.54) is 24.3 Å². The van der Waals surface area contributed by atoms with Crippen LogP contribution in [0.25, 0.3) is 0 Å². The summed E-state index contributed by atoms with van der Waals surface area (Å²) in [6, 6.07) is 11.9. The van der Waals surface area contributed by atoms with Crippen LogP contribution < -0.4 is 0 Å². The van der Waals surface area contributed by atoms with Gasteiger partial charge in [-0.2, -0.15) is 8.42 Å². The monoisotopic (exact) mass is 371 g/mol. The van der Waals surface area contributed by atoms with Crippen molar-refractivity contribution < 1.29 is 22.3 Å². The van der Waals surface area contributed by atoms with Crippen molar-refractivity contribution in [2.45, 2.75) is 25.7 Å². The molecule has 0 unspecified atom stereocenters. The second-order valence-corrected chi connectivity index (χ2v) is 6.82. The van der Waals surface area contributed by atoms with E-state index in [0.717, 1.165) is 5.56 Å². The Morgan fingerprint density at radius 1 is 0.846 bits per heavy atom. The summed E-state index contributed by atoms with van der Waals surface area (Å²) in [7, 11) is -4.26. The number of fused-ring (bicyclic) bond motifs is 1. The number of hydrogen-bond acceptors (Lipinski definition) is 5. The van der Waals surface area contributed by atoms with Crippen molar-refractivity contribution in [3.63, 3.8) is 0 Å². The van der Waals surface area contributed by atoms with Crippen molar-refractivity contribution in [1.29, 1.82) is 0 Å². The smallest absolute Gasteiger partial charge is 0.266 e. The first kappa shape index (κ1) is 19.4. The zero-order valence-electron chi connectivity index (χ0n) is 14.5. The highest BCUT2D eigenvalue weighted by molar-refractivity contribution is 7.86. The number of hydroxylamine groups is 2. The molecule has 7 heteroatoms. The first-order chi connectivity index (χ1) is 12.3. The fourth-order valence-corrected chi connectivity index (χ4v) is 2.97. The largest absolute Gasteiger partial charge is 0.318 e. The van der Waals surface area contributed by atoms with Crippen LogP contribution in [-0.4, -0.2) is 25.3 Å². The molecule has 0 fully saturated rings. The van der Waals surface area contributed by atoms with Crippen molar-refractivity contribution in [3.8, 4) is 11.8 Å². The molecule has 0 aliphatic carbocycles. The lowest BCUT2D eigenvalue weighted by Crippen LogP contribution is -2.32. The van der Waals surface area contributed by atoms with Crippen molar-refractivity contribution in [3.05, 3.63) is 65.2 Å². The molecule has 0 radical (unpaired) electrons. The van der Waals surface area contributed by atoms with Gasteiger partial charge in [0.05, 0.1) is 16.0 Å². The lowest BCUT2D eigenvalue weighted by molar-refractivity contribution is -0.0103. The molecule has 0 N–H and O–H groups in total. The summed E-state index contributed by atoms with van der Waals surface area (Å²) < 4.78 is 29.1. The Bertz CT molecular complexity index is 957. The number of carbonyl (C=O) groups is 2. The molecule has 0 aromatic heterocycles. The Morgan fingerprint density at radius 3 is 1.73 bits per heavy atom. The number of benzene rings is 2. The first-order valence-corrected chi connectivity index (χ1v) is 9.05. The predicted molar refractivity (Wildman–Crippen MR) is 95.5 cm³/mol. The van der Waals surface area contributed by atoms with Crippen molar-refractivity contribution >= 4 is 21.9 Å². The molecule has 1 heterocycles. The van der Waals surface area contributed by atoms with Gasteiger partial charge in [0.15, 0.2) is 0 Å². The Kier molecular flexibility index (Phi) is 5.93. The van der Waals surface area contributed by atoms with Gasteiger partial charge in [0.2, 0.25) is 0 Å². The SMILES string of the molecule is CC#CC.Cc1ccc(S(=O)(=O)ON2C(=O)c3ccccc3C2=O)cc1. The van der Waals surface area contributed by atoms with E-state index in [0.29, 0.717) is 0 Å². The maximum atomic E-state index is 12.2. The van der Waals surface area contributed by atoms with Crippen LogP contribution in [0.1, 0.15) is 40.1 Å². The van der Waals surface area contributed by atoms with E-state index in [9.17, 15) is 18.0 Å². The topological polar surface area (TPSA) is 80.8 Å². The minimum absolute atomic E-state index is 0.117.